The maximum atomic E-state index is 13.9. The van der Waals surface area contributed by atoms with Crippen LogP contribution in [-0.4, -0.2) is 17.8 Å². The maximum absolute atomic E-state index is 13.9. The standard InChI is InChI=1S/C15H18FN2OP.C2H6.H2/c1-4-20(3,19)15-7-8-17-10-14(15)18-13-6-5-11(2)9-12(13)16;1-2;/h5-10,18H,4H2,1-3H3;1-2H3;1H. The van der Waals surface area contributed by atoms with E-state index in [1.54, 1.807) is 31.2 Å². The van der Waals surface area contributed by atoms with E-state index in [9.17, 15) is 8.96 Å². The molecular weight excluding hydrogens is 298 g/mol. The summed E-state index contributed by atoms with van der Waals surface area (Å²) in [6.07, 6.45) is 3.75. The highest BCUT2D eigenvalue weighted by molar-refractivity contribution is 7.71. The number of aromatic nitrogens is 1. The van der Waals surface area contributed by atoms with Crippen LogP contribution in [0.5, 0.6) is 0 Å². The van der Waals surface area contributed by atoms with Crippen LogP contribution in [0.1, 0.15) is 27.8 Å². The molecule has 5 heteroatoms. The molecule has 1 unspecified atom stereocenters. The van der Waals surface area contributed by atoms with Gasteiger partial charge in [0.2, 0.25) is 0 Å². The third kappa shape index (κ3) is 4.41. The maximum Gasteiger partial charge on any atom is 0.146 e. The SMILES string of the molecule is CC.CCP(C)(=O)c1ccncc1Nc1ccc(C)cc1F.[HH]. The van der Waals surface area contributed by atoms with Crippen LogP contribution in [0.3, 0.4) is 0 Å². The van der Waals surface area contributed by atoms with Crippen molar-refractivity contribution in [3.8, 4) is 0 Å². The van der Waals surface area contributed by atoms with Crippen molar-refractivity contribution in [2.75, 3.05) is 18.1 Å². The molecule has 1 N–H and O–H groups in total. The summed E-state index contributed by atoms with van der Waals surface area (Å²) in [5.74, 6) is -0.331. The number of halogens is 1. The van der Waals surface area contributed by atoms with E-state index >= 15 is 0 Å². The summed E-state index contributed by atoms with van der Waals surface area (Å²) in [7, 11) is -2.45. The Hall–Kier alpha value is -1.67. The van der Waals surface area contributed by atoms with Gasteiger partial charge in [0.05, 0.1) is 17.6 Å². The van der Waals surface area contributed by atoms with Gasteiger partial charge >= 0.3 is 0 Å². The van der Waals surface area contributed by atoms with Crippen LogP contribution in [0.2, 0.25) is 0 Å². The summed E-state index contributed by atoms with van der Waals surface area (Å²) in [5.41, 5.74) is 1.82. The molecule has 22 heavy (non-hydrogen) atoms. The summed E-state index contributed by atoms with van der Waals surface area (Å²) in [6, 6.07) is 6.70. The zero-order chi connectivity index (χ0) is 16.8. The number of hydrogen-bond acceptors (Lipinski definition) is 3. The molecule has 0 amide bonds. The summed E-state index contributed by atoms with van der Waals surface area (Å²) in [6.45, 7) is 9.45. The van der Waals surface area contributed by atoms with E-state index in [-0.39, 0.29) is 7.24 Å². The lowest BCUT2D eigenvalue weighted by Gasteiger charge is -2.17. The Morgan fingerprint density at radius 2 is 1.95 bits per heavy atom. The number of nitrogens with one attached hydrogen (secondary N) is 1. The van der Waals surface area contributed by atoms with Crippen molar-refractivity contribution < 1.29 is 10.4 Å². The Bertz CT molecular complexity index is 679. The van der Waals surface area contributed by atoms with Gasteiger partial charge in [0.1, 0.15) is 13.0 Å². The fourth-order valence-corrected chi connectivity index (χ4v) is 3.28. The van der Waals surface area contributed by atoms with Crippen LogP contribution in [0.25, 0.3) is 0 Å². The molecule has 122 valence electrons. The van der Waals surface area contributed by atoms with Gasteiger partial charge in [-0.05, 0) is 37.4 Å². The van der Waals surface area contributed by atoms with Gasteiger partial charge in [-0.1, -0.05) is 26.8 Å². The number of pyridine rings is 1. The Kier molecular flexibility index (Phi) is 6.76. The predicted octanol–water partition coefficient (Wildman–Crippen LogP) is 5.18. The van der Waals surface area contributed by atoms with E-state index in [1.807, 2.05) is 33.8 Å². The average molecular weight is 324 g/mol. The minimum atomic E-state index is -2.45. The fourth-order valence-electron chi connectivity index (χ4n) is 1.93. The molecular formula is C17H26FN2OP. The second-order valence-corrected chi connectivity index (χ2v) is 8.23. The van der Waals surface area contributed by atoms with Gasteiger partial charge in [-0.25, -0.2) is 4.39 Å². The molecule has 0 spiro atoms. The van der Waals surface area contributed by atoms with Crippen molar-refractivity contribution in [1.29, 1.82) is 0 Å². The largest absolute Gasteiger partial charge is 0.351 e. The Balaban J connectivity index is 0.00000155. The van der Waals surface area contributed by atoms with Gasteiger partial charge in [-0.2, -0.15) is 0 Å². The Morgan fingerprint density at radius 1 is 1.27 bits per heavy atom. The minimum absolute atomic E-state index is 0. The van der Waals surface area contributed by atoms with Crippen molar-refractivity contribution in [2.45, 2.75) is 27.7 Å². The third-order valence-corrected chi connectivity index (χ3v) is 5.92. The van der Waals surface area contributed by atoms with E-state index in [2.05, 4.69) is 10.3 Å². The number of rotatable bonds is 4. The van der Waals surface area contributed by atoms with E-state index < -0.39 is 7.14 Å². The third-order valence-electron chi connectivity index (χ3n) is 3.31. The number of aryl methyl sites for hydroxylation is 1. The number of nitrogens with zero attached hydrogens (tertiary/aromatic N) is 1. The summed E-state index contributed by atoms with van der Waals surface area (Å²) < 4.78 is 26.5. The molecule has 0 radical (unpaired) electrons. The number of hydrogen-bond donors (Lipinski definition) is 1. The first kappa shape index (κ1) is 18.4. The van der Waals surface area contributed by atoms with Crippen molar-refractivity contribution >= 4 is 23.8 Å². The lowest BCUT2D eigenvalue weighted by Crippen LogP contribution is -2.12. The van der Waals surface area contributed by atoms with Crippen LogP contribution in [0.15, 0.2) is 36.7 Å². The normalized spacial score (nSPS) is 12.8. The number of anilines is 2. The molecule has 0 saturated carbocycles. The molecule has 1 heterocycles. The van der Waals surface area contributed by atoms with Gasteiger partial charge in [-0.3, -0.25) is 4.98 Å². The lowest BCUT2D eigenvalue weighted by atomic mass is 10.2. The van der Waals surface area contributed by atoms with Crippen molar-refractivity contribution in [3.63, 3.8) is 0 Å². The topological polar surface area (TPSA) is 42.0 Å². The Labute approximate surface area is 133 Å². The van der Waals surface area contributed by atoms with Crippen LogP contribution in [0, 0.1) is 12.7 Å². The van der Waals surface area contributed by atoms with Gasteiger partial charge < -0.3 is 9.88 Å². The van der Waals surface area contributed by atoms with Crippen LogP contribution >= 0.6 is 7.14 Å². The smallest absolute Gasteiger partial charge is 0.146 e. The molecule has 1 aromatic carbocycles. The summed E-state index contributed by atoms with van der Waals surface area (Å²) >= 11 is 0. The molecule has 0 aliphatic heterocycles. The average Bonchev–Trinajstić information content (AvgIpc) is 2.52. The second kappa shape index (κ2) is 8.09. The zero-order valence-corrected chi connectivity index (χ0v) is 14.7. The minimum Gasteiger partial charge on any atom is -0.351 e. The fraction of sp³-hybridized carbons (Fsp3) is 0.353. The molecule has 1 aromatic heterocycles. The van der Waals surface area contributed by atoms with E-state index in [1.165, 1.54) is 6.07 Å². The molecule has 0 fully saturated rings. The molecule has 0 aliphatic rings. The highest BCUT2D eigenvalue weighted by atomic mass is 31.2. The molecule has 0 aliphatic carbocycles. The Morgan fingerprint density at radius 3 is 2.55 bits per heavy atom. The first-order valence-electron chi connectivity index (χ1n) is 7.48. The van der Waals surface area contributed by atoms with Gasteiger partial charge in [0, 0.05) is 19.1 Å². The highest BCUT2D eigenvalue weighted by Gasteiger charge is 2.20. The molecule has 0 bridgehead atoms. The number of benzene rings is 1. The van der Waals surface area contributed by atoms with Gasteiger partial charge in [-0.15, -0.1) is 0 Å². The zero-order valence-electron chi connectivity index (χ0n) is 13.9. The molecule has 3 nitrogen and oxygen atoms in total. The predicted molar refractivity (Wildman–Crippen MR) is 95.8 cm³/mol. The van der Waals surface area contributed by atoms with E-state index in [0.717, 1.165) is 5.56 Å². The van der Waals surface area contributed by atoms with E-state index in [4.69, 9.17) is 0 Å². The monoisotopic (exact) mass is 324 g/mol. The van der Waals surface area contributed by atoms with Crippen molar-refractivity contribution in [2.24, 2.45) is 0 Å². The van der Waals surface area contributed by atoms with E-state index in [0.29, 0.717) is 22.8 Å². The van der Waals surface area contributed by atoms with Crippen LogP contribution < -0.4 is 10.6 Å². The quantitative estimate of drug-likeness (QED) is 0.788. The lowest BCUT2D eigenvalue weighted by molar-refractivity contribution is 0.585. The van der Waals surface area contributed by atoms with Crippen molar-refractivity contribution in [3.05, 3.63) is 48.0 Å². The molecule has 2 aromatic rings. The van der Waals surface area contributed by atoms with Gasteiger partial charge in [0.15, 0.2) is 0 Å². The van der Waals surface area contributed by atoms with Crippen LogP contribution in [-0.2, 0) is 4.57 Å². The van der Waals surface area contributed by atoms with Gasteiger partial charge in [0.25, 0.3) is 0 Å². The van der Waals surface area contributed by atoms with Crippen LogP contribution in [0.4, 0.5) is 15.8 Å². The highest BCUT2D eigenvalue weighted by Crippen LogP contribution is 2.41. The first-order chi connectivity index (χ1) is 10.4. The molecule has 2 rings (SSSR count). The first-order valence-corrected chi connectivity index (χ1v) is 9.82. The van der Waals surface area contributed by atoms with Crippen molar-refractivity contribution in [1.82, 2.24) is 4.98 Å². The molecule has 0 saturated heterocycles. The second-order valence-electron chi connectivity index (χ2n) is 4.92. The summed E-state index contributed by atoms with van der Waals surface area (Å²) in [5, 5.41) is 3.70. The summed E-state index contributed by atoms with van der Waals surface area (Å²) in [4.78, 5) is 4.03. The molecule has 1 atom stereocenters.